The van der Waals surface area contributed by atoms with Crippen LogP contribution in [-0.4, -0.2) is 28.8 Å². The molecule has 11 heteroatoms. The van der Waals surface area contributed by atoms with Gasteiger partial charge in [0.2, 0.25) is 5.82 Å². The molecule has 0 unspecified atom stereocenters. The molecule has 1 heterocycles. The lowest BCUT2D eigenvalue weighted by Gasteiger charge is -2.03. The van der Waals surface area contributed by atoms with Crippen molar-refractivity contribution in [1.82, 2.24) is 15.5 Å². The van der Waals surface area contributed by atoms with E-state index in [2.05, 4.69) is 25.1 Å². The molecular formula is C19H14F4N4O3. The summed E-state index contributed by atoms with van der Waals surface area (Å²) >= 11 is 0. The first-order valence-corrected chi connectivity index (χ1v) is 8.51. The number of hydrogen-bond donors (Lipinski definition) is 1. The number of oxime groups is 1. The van der Waals surface area contributed by atoms with Crippen molar-refractivity contribution in [2.24, 2.45) is 5.16 Å². The van der Waals surface area contributed by atoms with Gasteiger partial charge in [-0.1, -0.05) is 34.6 Å². The predicted octanol–water partition coefficient (Wildman–Crippen LogP) is 3.83. The van der Waals surface area contributed by atoms with Crippen LogP contribution in [0.2, 0.25) is 0 Å². The Morgan fingerprint density at radius 1 is 1.13 bits per heavy atom. The topological polar surface area (TPSA) is 89.6 Å². The van der Waals surface area contributed by atoms with E-state index in [1.807, 2.05) is 0 Å². The maximum Gasteiger partial charge on any atom is 0.471 e. The third-order valence-electron chi connectivity index (χ3n) is 3.72. The van der Waals surface area contributed by atoms with Crippen LogP contribution in [0.15, 0.2) is 58.2 Å². The zero-order chi connectivity index (χ0) is 21.6. The highest BCUT2D eigenvalue weighted by Crippen LogP contribution is 2.29. The van der Waals surface area contributed by atoms with Crippen molar-refractivity contribution in [3.05, 3.63) is 71.4 Å². The number of alkyl halides is 3. The Bertz CT molecular complexity index is 1020. The molecule has 7 nitrogen and oxygen atoms in total. The summed E-state index contributed by atoms with van der Waals surface area (Å²) in [7, 11) is 0. The number of amides is 1. The summed E-state index contributed by atoms with van der Waals surface area (Å²) in [6.07, 6.45) is -3.39. The van der Waals surface area contributed by atoms with Gasteiger partial charge in [-0.25, -0.2) is 4.39 Å². The van der Waals surface area contributed by atoms with Crippen LogP contribution >= 0.6 is 0 Å². The molecule has 156 valence electrons. The number of carbonyl (C=O) groups is 1. The van der Waals surface area contributed by atoms with Crippen LogP contribution < -0.4 is 5.32 Å². The number of hydrogen-bond acceptors (Lipinski definition) is 6. The highest BCUT2D eigenvalue weighted by molar-refractivity contribution is 5.95. The van der Waals surface area contributed by atoms with Gasteiger partial charge in [0.15, 0.2) is 0 Å². The van der Waals surface area contributed by atoms with Crippen LogP contribution in [0.3, 0.4) is 0 Å². The van der Waals surface area contributed by atoms with Crippen LogP contribution in [0.1, 0.15) is 21.8 Å². The number of carbonyl (C=O) groups excluding carboxylic acids is 1. The number of nitrogens with zero attached hydrogens (tertiary/aromatic N) is 3. The van der Waals surface area contributed by atoms with Crippen molar-refractivity contribution < 1.29 is 31.7 Å². The van der Waals surface area contributed by atoms with Crippen LogP contribution in [0.4, 0.5) is 17.6 Å². The Hall–Kier alpha value is -3.76. The standard InChI is InChI=1S/C19H14F4N4O3/c20-15-7-1-12(2-8-15)11-29-25-10-9-24-17(28)14-5-3-13(4-6-14)16-26-18(30-27-16)19(21,22)23/h1-8,10H,9,11H2,(H,24,28). The monoisotopic (exact) mass is 422 g/mol. The molecule has 0 spiro atoms. The molecule has 1 amide bonds. The zero-order valence-electron chi connectivity index (χ0n) is 15.2. The summed E-state index contributed by atoms with van der Waals surface area (Å²) < 4.78 is 54.5. The quantitative estimate of drug-likeness (QED) is 0.355. The lowest BCUT2D eigenvalue weighted by Crippen LogP contribution is -2.25. The van der Waals surface area contributed by atoms with Gasteiger partial charge in [-0.15, -0.1) is 0 Å². The van der Waals surface area contributed by atoms with Gasteiger partial charge in [-0.2, -0.15) is 18.2 Å². The van der Waals surface area contributed by atoms with E-state index in [1.54, 1.807) is 12.1 Å². The second-order valence-corrected chi connectivity index (χ2v) is 5.90. The first-order valence-electron chi connectivity index (χ1n) is 8.51. The van der Waals surface area contributed by atoms with Crippen molar-refractivity contribution in [3.63, 3.8) is 0 Å². The summed E-state index contributed by atoms with van der Waals surface area (Å²) in [6.45, 7) is 0.238. The van der Waals surface area contributed by atoms with E-state index in [-0.39, 0.29) is 35.9 Å². The minimum Gasteiger partial charge on any atom is -0.391 e. The van der Waals surface area contributed by atoms with Gasteiger partial charge >= 0.3 is 12.1 Å². The van der Waals surface area contributed by atoms with E-state index < -0.39 is 18.0 Å². The highest BCUT2D eigenvalue weighted by atomic mass is 19.4. The average molecular weight is 422 g/mol. The molecule has 0 saturated carbocycles. The minimum atomic E-state index is -4.73. The molecule has 0 aliphatic carbocycles. The maximum absolute atomic E-state index is 12.8. The van der Waals surface area contributed by atoms with Gasteiger partial charge in [-0.05, 0) is 29.8 Å². The number of nitrogens with one attached hydrogen (secondary N) is 1. The molecular weight excluding hydrogens is 408 g/mol. The summed E-state index contributed by atoms with van der Waals surface area (Å²) in [5.41, 5.74) is 1.28. The van der Waals surface area contributed by atoms with Crippen LogP contribution in [0, 0.1) is 5.82 Å². The minimum absolute atomic E-state index is 0.0871. The Labute approximate surface area is 167 Å². The van der Waals surface area contributed by atoms with Crippen LogP contribution in [0.25, 0.3) is 11.4 Å². The first-order chi connectivity index (χ1) is 14.3. The van der Waals surface area contributed by atoms with Crippen LogP contribution in [0.5, 0.6) is 0 Å². The lowest BCUT2D eigenvalue weighted by atomic mass is 10.1. The molecule has 3 aromatic rings. The lowest BCUT2D eigenvalue weighted by molar-refractivity contribution is -0.159. The van der Waals surface area contributed by atoms with Gasteiger partial charge < -0.3 is 14.7 Å². The number of aromatic nitrogens is 2. The normalized spacial score (nSPS) is 11.6. The zero-order valence-corrected chi connectivity index (χ0v) is 15.2. The SMILES string of the molecule is O=C(NCC=NOCc1ccc(F)cc1)c1ccc(-c2noc(C(F)(F)F)n2)cc1. The van der Waals surface area contributed by atoms with Crippen molar-refractivity contribution in [1.29, 1.82) is 0 Å². The fourth-order valence-corrected chi connectivity index (χ4v) is 2.25. The van der Waals surface area contributed by atoms with Gasteiger partial charge in [0.25, 0.3) is 5.91 Å². The summed E-state index contributed by atoms with van der Waals surface area (Å²) in [4.78, 5) is 20.4. The van der Waals surface area contributed by atoms with Gasteiger partial charge in [0.05, 0.1) is 12.8 Å². The number of benzene rings is 2. The summed E-state index contributed by atoms with van der Waals surface area (Å²) in [5.74, 6) is -2.45. The third-order valence-corrected chi connectivity index (χ3v) is 3.72. The van der Waals surface area contributed by atoms with E-state index in [0.29, 0.717) is 0 Å². The second kappa shape index (κ2) is 9.16. The first kappa shape index (κ1) is 21.0. The smallest absolute Gasteiger partial charge is 0.391 e. The maximum atomic E-state index is 12.8. The molecule has 1 aromatic heterocycles. The second-order valence-electron chi connectivity index (χ2n) is 5.90. The van der Waals surface area contributed by atoms with E-state index in [9.17, 15) is 22.4 Å². The molecule has 0 aliphatic heterocycles. The van der Waals surface area contributed by atoms with E-state index in [0.717, 1.165) is 5.56 Å². The molecule has 0 aliphatic rings. The Morgan fingerprint density at radius 3 is 2.47 bits per heavy atom. The Balaban J connectivity index is 1.46. The van der Waals surface area contributed by atoms with Crippen LogP contribution in [-0.2, 0) is 17.6 Å². The van der Waals surface area contributed by atoms with Crippen molar-refractivity contribution in [2.45, 2.75) is 12.8 Å². The third kappa shape index (κ3) is 5.63. The Kier molecular flexibility index (Phi) is 6.40. The summed E-state index contributed by atoms with van der Waals surface area (Å²) in [6, 6.07) is 11.4. The van der Waals surface area contributed by atoms with Gasteiger partial charge in [-0.3, -0.25) is 4.79 Å². The van der Waals surface area contributed by atoms with Gasteiger partial charge in [0, 0.05) is 11.1 Å². The molecule has 0 radical (unpaired) electrons. The number of halogens is 4. The molecule has 0 saturated heterocycles. The number of rotatable bonds is 7. The van der Waals surface area contributed by atoms with Crippen molar-refractivity contribution in [3.8, 4) is 11.4 Å². The summed E-state index contributed by atoms with van der Waals surface area (Å²) in [5, 5.41) is 9.53. The van der Waals surface area contributed by atoms with Crippen molar-refractivity contribution >= 4 is 12.1 Å². The molecule has 30 heavy (non-hydrogen) atoms. The largest absolute Gasteiger partial charge is 0.471 e. The van der Waals surface area contributed by atoms with E-state index in [1.165, 1.54) is 42.6 Å². The predicted molar refractivity (Wildman–Crippen MR) is 96.8 cm³/mol. The Morgan fingerprint density at radius 2 is 1.83 bits per heavy atom. The molecule has 3 rings (SSSR count). The molecule has 2 aromatic carbocycles. The van der Waals surface area contributed by atoms with Gasteiger partial charge in [0.1, 0.15) is 12.4 Å². The van der Waals surface area contributed by atoms with E-state index >= 15 is 0 Å². The average Bonchev–Trinajstić information content (AvgIpc) is 3.23. The molecule has 1 N–H and O–H groups in total. The molecule has 0 fully saturated rings. The molecule has 0 atom stereocenters. The van der Waals surface area contributed by atoms with Crippen molar-refractivity contribution in [2.75, 3.05) is 6.54 Å². The molecule has 0 bridgehead atoms. The fourth-order valence-electron chi connectivity index (χ4n) is 2.25. The van der Waals surface area contributed by atoms with E-state index in [4.69, 9.17) is 4.84 Å². The fraction of sp³-hybridized carbons (Fsp3) is 0.158. The highest BCUT2D eigenvalue weighted by Gasteiger charge is 2.38.